The minimum Gasteiger partial charge on any atom is -0.497 e. The van der Waals surface area contributed by atoms with Gasteiger partial charge < -0.3 is 20.0 Å². The lowest BCUT2D eigenvalue weighted by molar-refractivity contribution is -0.139. The van der Waals surface area contributed by atoms with Crippen molar-refractivity contribution in [2.45, 2.75) is 30.8 Å². The van der Waals surface area contributed by atoms with Crippen molar-refractivity contribution < 1.29 is 38.2 Å². The Hall–Kier alpha value is -4.65. The van der Waals surface area contributed by atoms with E-state index in [9.17, 15) is 24.3 Å². The first-order valence-electron chi connectivity index (χ1n) is 14.8. The van der Waals surface area contributed by atoms with Crippen molar-refractivity contribution in [2.75, 3.05) is 12.5 Å². The van der Waals surface area contributed by atoms with Crippen LogP contribution in [0.3, 0.4) is 0 Å². The van der Waals surface area contributed by atoms with E-state index in [1.165, 1.54) is 13.2 Å². The average Bonchev–Trinajstić information content (AvgIpc) is 3.69. The number of carbonyl (C=O) groups excluding carboxylic acids is 5. The summed E-state index contributed by atoms with van der Waals surface area (Å²) in [4.78, 5) is 69.2. The number of nitrogens with one attached hydrogen (secondary N) is 1. The lowest BCUT2D eigenvalue weighted by Crippen LogP contribution is -2.53. The van der Waals surface area contributed by atoms with E-state index in [2.05, 4.69) is 5.43 Å². The van der Waals surface area contributed by atoms with Gasteiger partial charge in [-0.1, -0.05) is 47.0 Å². The number of hydrogen-bond acceptors (Lipinski definition) is 9. The number of furan rings is 1. The van der Waals surface area contributed by atoms with Gasteiger partial charge in [-0.3, -0.25) is 24.6 Å². The SMILES string of the molecule is COc1ccc([C@@]23C(=O)N(Nc4ccc(Cl)cc4Cl)C(=O)[C@@H]2C[C@@H]2C(=CC[C@@H]4C(=O)N(C(N)=O)C(=O)[C@@H]42)[C@@H]3c2ccc(CO)o2)cc1. The van der Waals surface area contributed by atoms with Gasteiger partial charge in [-0.15, -0.1) is 0 Å². The molecule has 2 aliphatic carbocycles. The summed E-state index contributed by atoms with van der Waals surface area (Å²) in [6.07, 6.45) is 1.90. The molecule has 3 heterocycles. The maximum absolute atomic E-state index is 15.1. The highest BCUT2D eigenvalue weighted by atomic mass is 35.5. The van der Waals surface area contributed by atoms with Crippen LogP contribution in [0.15, 0.2) is 70.7 Å². The smallest absolute Gasteiger partial charge is 0.328 e. The number of ether oxygens (including phenoxy) is 1. The first kappa shape index (κ1) is 31.0. The van der Waals surface area contributed by atoms with Crippen LogP contribution in [0, 0.1) is 23.7 Å². The number of hydrazine groups is 1. The van der Waals surface area contributed by atoms with E-state index in [1.54, 1.807) is 54.6 Å². The van der Waals surface area contributed by atoms with Crippen LogP contribution >= 0.6 is 23.2 Å². The minimum atomic E-state index is -1.62. The van der Waals surface area contributed by atoms with Crippen LogP contribution in [0.1, 0.15) is 35.8 Å². The number of urea groups is 1. The molecule has 6 amide bonds. The van der Waals surface area contributed by atoms with Gasteiger partial charge in [0.15, 0.2) is 0 Å². The number of allylic oxidation sites excluding steroid dienone is 2. The van der Waals surface area contributed by atoms with Crippen molar-refractivity contribution in [2.24, 2.45) is 29.4 Å². The van der Waals surface area contributed by atoms with Gasteiger partial charge in [-0.2, -0.15) is 9.91 Å². The summed E-state index contributed by atoms with van der Waals surface area (Å²) < 4.78 is 11.5. The molecule has 1 saturated carbocycles. The molecule has 2 aromatic carbocycles. The lowest BCUT2D eigenvalue weighted by atomic mass is 9.50. The third-order valence-corrected chi connectivity index (χ3v) is 10.5. The Bertz CT molecular complexity index is 1890. The molecule has 3 aromatic rings. The van der Waals surface area contributed by atoms with Crippen molar-refractivity contribution >= 4 is 58.5 Å². The van der Waals surface area contributed by atoms with Gasteiger partial charge in [0.05, 0.1) is 41.5 Å². The van der Waals surface area contributed by atoms with Crippen LogP contribution in [0.25, 0.3) is 0 Å². The fourth-order valence-electron chi connectivity index (χ4n) is 8.00. The second-order valence-electron chi connectivity index (χ2n) is 12.0. The molecular weight excluding hydrogens is 651 g/mol. The largest absolute Gasteiger partial charge is 0.497 e. The Labute approximate surface area is 278 Å². The molecule has 0 unspecified atom stereocenters. The van der Waals surface area contributed by atoms with Crippen LogP contribution in [-0.4, -0.2) is 51.8 Å². The summed E-state index contributed by atoms with van der Waals surface area (Å²) in [6, 6.07) is 13.4. The van der Waals surface area contributed by atoms with E-state index in [0.29, 0.717) is 26.8 Å². The summed E-state index contributed by atoms with van der Waals surface area (Å²) in [6.45, 7) is -0.422. The van der Waals surface area contributed by atoms with Gasteiger partial charge in [-0.25, -0.2) is 4.79 Å². The number of aliphatic hydroxyl groups excluding tert-OH is 1. The summed E-state index contributed by atoms with van der Waals surface area (Å²) in [7, 11) is 1.51. The van der Waals surface area contributed by atoms with Crippen LogP contribution in [0.4, 0.5) is 10.5 Å². The number of primary amides is 1. The number of likely N-dealkylation sites (tertiary alicyclic amines) is 1. The summed E-state index contributed by atoms with van der Waals surface area (Å²) >= 11 is 12.5. The molecule has 242 valence electrons. The fourth-order valence-corrected chi connectivity index (χ4v) is 8.45. The topological polar surface area (TPSA) is 172 Å². The molecule has 4 N–H and O–H groups in total. The van der Waals surface area contributed by atoms with E-state index < -0.39 is 71.3 Å². The number of nitrogens with zero attached hydrogens (tertiary/aromatic N) is 2. The van der Waals surface area contributed by atoms with Crippen molar-refractivity contribution in [1.82, 2.24) is 9.91 Å². The Kier molecular flexibility index (Phi) is 7.42. The maximum atomic E-state index is 15.1. The van der Waals surface area contributed by atoms with Gasteiger partial charge in [0.2, 0.25) is 11.8 Å². The van der Waals surface area contributed by atoms with E-state index in [0.717, 1.165) is 5.01 Å². The number of imide groups is 4. The van der Waals surface area contributed by atoms with E-state index >= 15 is 4.79 Å². The number of aliphatic hydroxyl groups is 1. The molecule has 2 aliphatic heterocycles. The minimum absolute atomic E-state index is 0.00811. The molecule has 1 aromatic heterocycles. The fraction of sp³-hybridized carbons (Fsp3) is 0.303. The second-order valence-corrected chi connectivity index (χ2v) is 12.9. The van der Waals surface area contributed by atoms with E-state index in [1.807, 2.05) is 0 Å². The number of carbonyl (C=O) groups is 5. The second kappa shape index (κ2) is 11.3. The zero-order valence-corrected chi connectivity index (χ0v) is 26.3. The summed E-state index contributed by atoms with van der Waals surface area (Å²) in [5.74, 6) is -6.24. The third kappa shape index (κ3) is 4.42. The molecule has 3 fully saturated rings. The van der Waals surface area contributed by atoms with Gasteiger partial charge in [0.1, 0.15) is 29.3 Å². The zero-order valence-electron chi connectivity index (χ0n) is 24.8. The number of anilines is 1. The number of methoxy groups -OCH3 is 1. The first-order valence-corrected chi connectivity index (χ1v) is 15.6. The monoisotopic (exact) mass is 678 g/mol. The Morgan fingerprint density at radius 3 is 2.43 bits per heavy atom. The number of nitrogens with two attached hydrogens (primary N) is 1. The highest BCUT2D eigenvalue weighted by Gasteiger charge is 2.71. The van der Waals surface area contributed by atoms with Crippen molar-refractivity contribution in [3.8, 4) is 5.75 Å². The molecule has 2 saturated heterocycles. The molecule has 0 radical (unpaired) electrons. The van der Waals surface area contributed by atoms with Crippen LogP contribution < -0.4 is 15.9 Å². The van der Waals surface area contributed by atoms with Crippen molar-refractivity contribution in [3.05, 3.63) is 93.4 Å². The Morgan fingerprint density at radius 1 is 1.04 bits per heavy atom. The van der Waals surface area contributed by atoms with Crippen LogP contribution in [-0.2, 0) is 31.2 Å². The third-order valence-electron chi connectivity index (χ3n) is 9.92. The van der Waals surface area contributed by atoms with E-state index in [-0.39, 0.29) is 35.1 Å². The lowest BCUT2D eigenvalue weighted by Gasteiger charge is -2.49. The Morgan fingerprint density at radius 2 is 1.79 bits per heavy atom. The number of benzene rings is 2. The standard InChI is InChI=1S/C33H28Cl2N4O8/c1-46-17-5-2-15(3-6-17)33-22(29(42)39(31(33)44)37-24-10-4-16(34)12-23(24)35)13-21-19(27(33)25-11-7-18(14-40)47-25)8-9-20-26(21)30(43)38(28(20)41)32(36)45/h2-8,10-12,20-22,26-27,37,40H,9,13-14H2,1H3,(H2,36,45)/t20-,21+,22-,26-,27+,33+/m0/s1. The number of rotatable bonds is 6. The normalized spacial score (nSPS) is 28.2. The predicted octanol–water partition coefficient (Wildman–Crippen LogP) is 4.15. The number of halogens is 2. The molecule has 6 atom stereocenters. The highest BCUT2D eigenvalue weighted by molar-refractivity contribution is 6.36. The number of fused-ring (bicyclic) bond motifs is 4. The molecule has 47 heavy (non-hydrogen) atoms. The van der Waals surface area contributed by atoms with Crippen molar-refractivity contribution in [1.29, 1.82) is 0 Å². The molecule has 0 spiro atoms. The molecule has 7 rings (SSSR count). The van der Waals surface area contributed by atoms with Gasteiger partial charge >= 0.3 is 6.03 Å². The first-order chi connectivity index (χ1) is 22.5. The summed E-state index contributed by atoms with van der Waals surface area (Å²) in [5, 5.41) is 11.4. The quantitative estimate of drug-likeness (QED) is 0.256. The summed E-state index contributed by atoms with van der Waals surface area (Å²) in [5.41, 5.74) is 8.07. The molecule has 4 aliphatic rings. The van der Waals surface area contributed by atoms with Crippen LogP contribution in [0.5, 0.6) is 5.75 Å². The van der Waals surface area contributed by atoms with Gasteiger partial charge in [0.25, 0.3) is 11.8 Å². The van der Waals surface area contributed by atoms with Crippen LogP contribution in [0.2, 0.25) is 10.0 Å². The molecule has 14 heteroatoms. The Balaban J connectivity index is 1.45. The molecule has 0 bridgehead atoms. The highest BCUT2D eigenvalue weighted by Crippen LogP contribution is 2.64. The van der Waals surface area contributed by atoms with Gasteiger partial charge in [0, 0.05) is 5.02 Å². The predicted molar refractivity (Wildman–Crippen MR) is 167 cm³/mol. The molecule has 12 nitrogen and oxygen atoms in total. The maximum Gasteiger partial charge on any atom is 0.328 e. The van der Waals surface area contributed by atoms with Gasteiger partial charge in [-0.05, 0) is 66.8 Å². The average molecular weight is 680 g/mol. The number of amides is 6. The number of hydrogen-bond donors (Lipinski definition) is 3. The molecular formula is C33H28Cl2N4O8. The van der Waals surface area contributed by atoms with Crippen molar-refractivity contribution in [3.63, 3.8) is 0 Å². The zero-order chi connectivity index (χ0) is 33.4. The van der Waals surface area contributed by atoms with E-state index in [4.69, 9.17) is 38.1 Å².